The summed E-state index contributed by atoms with van der Waals surface area (Å²) in [5.41, 5.74) is 2.04. The Morgan fingerprint density at radius 3 is 2.37 bits per heavy atom. The van der Waals surface area contributed by atoms with Gasteiger partial charge >= 0.3 is 6.18 Å². The number of alkyl halides is 3. The molecule has 2 heterocycles. The number of amides is 1. The summed E-state index contributed by atoms with van der Waals surface area (Å²) < 4.78 is 51.4. The fraction of sp³-hybridized carbons (Fsp3) is 0.435. The molecule has 2 aromatic carbocycles. The quantitative estimate of drug-likeness (QED) is 0.676. The van der Waals surface area contributed by atoms with Crippen molar-refractivity contribution in [2.75, 3.05) is 19.6 Å². The number of hydrogen-bond donors (Lipinski definition) is 0. The summed E-state index contributed by atoms with van der Waals surface area (Å²) in [6.07, 6.45) is -5.13. The highest BCUT2D eigenvalue weighted by Crippen LogP contribution is 2.45. The molecule has 0 N–H and O–H groups in total. The van der Waals surface area contributed by atoms with Crippen LogP contribution in [0.2, 0.25) is 0 Å². The molecule has 0 saturated carbocycles. The fourth-order valence-corrected chi connectivity index (χ4v) is 4.96. The lowest BCUT2D eigenvalue weighted by Gasteiger charge is -2.29. The van der Waals surface area contributed by atoms with Gasteiger partial charge < -0.3 is 4.90 Å². The van der Waals surface area contributed by atoms with Crippen LogP contribution >= 0.6 is 0 Å². The van der Waals surface area contributed by atoms with Crippen molar-refractivity contribution in [2.24, 2.45) is 11.8 Å². The summed E-state index contributed by atoms with van der Waals surface area (Å²) in [6, 6.07) is 12.9. The van der Waals surface area contributed by atoms with E-state index in [2.05, 4.69) is 4.90 Å². The second-order valence-electron chi connectivity index (χ2n) is 8.40. The summed E-state index contributed by atoms with van der Waals surface area (Å²) in [7, 11) is 0. The van der Waals surface area contributed by atoms with E-state index in [4.69, 9.17) is 0 Å². The van der Waals surface area contributed by atoms with E-state index in [-0.39, 0.29) is 29.2 Å². The molecule has 2 aliphatic rings. The van der Waals surface area contributed by atoms with Crippen molar-refractivity contribution in [3.05, 3.63) is 71.0 Å². The molecule has 0 aliphatic carbocycles. The van der Waals surface area contributed by atoms with Crippen LogP contribution < -0.4 is 0 Å². The molecule has 0 spiro atoms. The zero-order valence-electron chi connectivity index (χ0n) is 16.7. The predicted molar refractivity (Wildman–Crippen MR) is 105 cm³/mol. The molecular formula is C23H24F4N2O. The third-order valence-electron chi connectivity index (χ3n) is 6.17. The number of halogens is 4. The minimum absolute atomic E-state index is 0.00883. The molecule has 3 atom stereocenters. The average Bonchev–Trinajstić information content (AvgIpc) is 3.19. The maximum atomic E-state index is 13.8. The molecule has 0 radical (unpaired) electrons. The van der Waals surface area contributed by atoms with Crippen LogP contribution in [0.4, 0.5) is 17.6 Å². The highest BCUT2D eigenvalue weighted by molar-refractivity contribution is 5.74. The van der Waals surface area contributed by atoms with E-state index in [0.717, 1.165) is 24.2 Å². The van der Waals surface area contributed by atoms with E-state index >= 15 is 0 Å². The standard InChI is InChI=1S/C23H24F4N2O/c1-15(30)29-13-19-12-28(11-17-7-5-16(6-8-17)10-23(25,26)27)14-21(19)22(29)18-3-2-4-20(24)9-18/h2-9,19,21-22H,10-14H2,1H3/t19-,21-,22-/m1/s1. The van der Waals surface area contributed by atoms with Gasteiger partial charge in [-0.25, -0.2) is 4.39 Å². The van der Waals surface area contributed by atoms with Crippen LogP contribution in [0.3, 0.4) is 0 Å². The Kier molecular flexibility index (Phi) is 5.57. The molecule has 7 heteroatoms. The largest absolute Gasteiger partial charge is 0.393 e. The zero-order valence-corrected chi connectivity index (χ0v) is 16.7. The molecule has 4 rings (SSSR count). The number of carbonyl (C=O) groups excluding carboxylic acids is 1. The lowest BCUT2D eigenvalue weighted by atomic mass is 9.89. The van der Waals surface area contributed by atoms with Crippen molar-refractivity contribution in [1.29, 1.82) is 0 Å². The maximum absolute atomic E-state index is 13.8. The van der Waals surface area contributed by atoms with Crippen molar-refractivity contribution in [3.63, 3.8) is 0 Å². The number of fused-ring (bicyclic) bond motifs is 1. The number of carbonyl (C=O) groups is 1. The summed E-state index contributed by atoms with van der Waals surface area (Å²) in [6.45, 7) is 4.41. The topological polar surface area (TPSA) is 23.6 Å². The first-order valence-corrected chi connectivity index (χ1v) is 10.1. The van der Waals surface area contributed by atoms with Crippen LogP contribution in [0, 0.1) is 17.7 Å². The normalized spacial score (nSPS) is 24.3. The first-order chi connectivity index (χ1) is 14.2. The molecular weight excluding hydrogens is 396 g/mol. The lowest BCUT2D eigenvalue weighted by molar-refractivity contribution is -0.130. The van der Waals surface area contributed by atoms with Crippen LogP contribution in [0.1, 0.15) is 29.7 Å². The minimum Gasteiger partial charge on any atom is -0.335 e. The van der Waals surface area contributed by atoms with Gasteiger partial charge in [0.05, 0.1) is 12.5 Å². The van der Waals surface area contributed by atoms with Crippen molar-refractivity contribution >= 4 is 5.91 Å². The highest BCUT2D eigenvalue weighted by Gasteiger charge is 2.48. The molecule has 160 valence electrons. The number of benzene rings is 2. The molecule has 2 fully saturated rings. The van der Waals surface area contributed by atoms with E-state index < -0.39 is 12.6 Å². The number of rotatable bonds is 4. The predicted octanol–water partition coefficient (Wildman–Crippen LogP) is 4.58. The van der Waals surface area contributed by atoms with E-state index in [1.165, 1.54) is 24.3 Å². The maximum Gasteiger partial charge on any atom is 0.393 e. The second-order valence-corrected chi connectivity index (χ2v) is 8.40. The van der Waals surface area contributed by atoms with Gasteiger partial charge in [-0.1, -0.05) is 36.4 Å². The van der Waals surface area contributed by atoms with Crippen LogP contribution in [-0.4, -0.2) is 41.5 Å². The Morgan fingerprint density at radius 2 is 1.73 bits per heavy atom. The van der Waals surface area contributed by atoms with Gasteiger partial charge in [0.1, 0.15) is 5.82 Å². The Bertz CT molecular complexity index is 912. The molecule has 2 saturated heterocycles. The molecule has 30 heavy (non-hydrogen) atoms. The smallest absolute Gasteiger partial charge is 0.335 e. The molecule has 0 bridgehead atoms. The van der Waals surface area contributed by atoms with E-state index in [1.54, 1.807) is 25.1 Å². The Morgan fingerprint density at radius 1 is 1.03 bits per heavy atom. The van der Waals surface area contributed by atoms with Crippen molar-refractivity contribution in [3.8, 4) is 0 Å². The van der Waals surface area contributed by atoms with Gasteiger partial charge in [0.2, 0.25) is 5.91 Å². The van der Waals surface area contributed by atoms with Gasteiger partial charge in [-0.2, -0.15) is 13.2 Å². The van der Waals surface area contributed by atoms with Crippen molar-refractivity contribution < 1.29 is 22.4 Å². The first kappa shape index (κ1) is 20.8. The van der Waals surface area contributed by atoms with Crippen LogP contribution in [0.15, 0.2) is 48.5 Å². The van der Waals surface area contributed by atoms with Gasteiger partial charge in [0.25, 0.3) is 0 Å². The Labute approximate surface area is 173 Å². The average molecular weight is 420 g/mol. The minimum atomic E-state index is -4.21. The summed E-state index contributed by atoms with van der Waals surface area (Å²) in [5.74, 6) is 0.186. The molecule has 1 amide bonds. The van der Waals surface area contributed by atoms with Crippen LogP contribution in [0.5, 0.6) is 0 Å². The third-order valence-corrected chi connectivity index (χ3v) is 6.17. The van der Waals surface area contributed by atoms with Crippen LogP contribution in [-0.2, 0) is 17.8 Å². The van der Waals surface area contributed by atoms with Crippen LogP contribution in [0.25, 0.3) is 0 Å². The molecule has 0 aromatic heterocycles. The molecule has 2 aromatic rings. The highest BCUT2D eigenvalue weighted by atomic mass is 19.4. The Hall–Kier alpha value is -2.41. The van der Waals surface area contributed by atoms with E-state index in [1.807, 2.05) is 11.0 Å². The van der Waals surface area contributed by atoms with Gasteiger partial charge in [0, 0.05) is 39.0 Å². The third kappa shape index (κ3) is 4.51. The van der Waals surface area contributed by atoms with Gasteiger partial charge in [0.15, 0.2) is 0 Å². The number of hydrogen-bond acceptors (Lipinski definition) is 2. The summed E-state index contributed by atoms with van der Waals surface area (Å²) in [5, 5.41) is 0. The zero-order chi connectivity index (χ0) is 21.5. The monoisotopic (exact) mass is 420 g/mol. The molecule has 2 aliphatic heterocycles. The fourth-order valence-electron chi connectivity index (χ4n) is 4.96. The van der Waals surface area contributed by atoms with Gasteiger partial charge in [-0.15, -0.1) is 0 Å². The van der Waals surface area contributed by atoms with E-state index in [0.29, 0.717) is 19.0 Å². The van der Waals surface area contributed by atoms with Gasteiger partial charge in [-0.3, -0.25) is 9.69 Å². The van der Waals surface area contributed by atoms with E-state index in [9.17, 15) is 22.4 Å². The number of nitrogens with zero attached hydrogens (tertiary/aromatic N) is 2. The number of likely N-dealkylation sites (tertiary alicyclic amines) is 2. The van der Waals surface area contributed by atoms with Crippen molar-refractivity contribution in [2.45, 2.75) is 32.1 Å². The van der Waals surface area contributed by atoms with Crippen molar-refractivity contribution in [1.82, 2.24) is 9.80 Å². The Balaban J connectivity index is 1.46. The summed E-state index contributed by atoms with van der Waals surface area (Å²) >= 11 is 0. The molecule has 0 unspecified atom stereocenters. The summed E-state index contributed by atoms with van der Waals surface area (Å²) in [4.78, 5) is 16.3. The lowest BCUT2D eigenvalue weighted by Crippen LogP contribution is -2.34. The second kappa shape index (κ2) is 8.02. The van der Waals surface area contributed by atoms with Gasteiger partial charge in [-0.05, 0) is 34.7 Å². The SMILES string of the molecule is CC(=O)N1C[C@H]2CN(Cc3ccc(CC(F)(F)F)cc3)C[C@H]2[C@H]1c1cccc(F)c1. The first-order valence-electron chi connectivity index (χ1n) is 10.1. The molecule has 3 nitrogen and oxygen atoms in total.